The van der Waals surface area contributed by atoms with Crippen LogP contribution in [0.5, 0.6) is 0 Å². The SMILES string of the molecule is CCOCCn1nnc(CCl)c1CC. The first-order valence-electron chi connectivity index (χ1n) is 4.88. The fraction of sp³-hybridized carbons (Fsp3) is 0.778. The fourth-order valence-electron chi connectivity index (χ4n) is 1.33. The summed E-state index contributed by atoms with van der Waals surface area (Å²) >= 11 is 5.74. The Morgan fingerprint density at radius 3 is 2.79 bits per heavy atom. The molecule has 0 amide bonds. The molecule has 0 radical (unpaired) electrons. The molecule has 0 spiro atoms. The zero-order valence-electron chi connectivity index (χ0n) is 8.66. The second kappa shape index (κ2) is 5.98. The van der Waals surface area contributed by atoms with Crippen LogP contribution in [-0.2, 0) is 23.6 Å². The Morgan fingerprint density at radius 1 is 1.43 bits per heavy atom. The molecule has 5 heteroatoms. The van der Waals surface area contributed by atoms with Gasteiger partial charge in [-0.1, -0.05) is 12.1 Å². The number of hydrogen-bond donors (Lipinski definition) is 0. The molecule has 1 heterocycles. The Morgan fingerprint density at radius 2 is 2.21 bits per heavy atom. The summed E-state index contributed by atoms with van der Waals surface area (Å²) in [6, 6.07) is 0. The second-order valence-corrected chi connectivity index (χ2v) is 3.16. The summed E-state index contributed by atoms with van der Waals surface area (Å²) in [4.78, 5) is 0. The standard InChI is InChI=1S/C9H16ClN3O/c1-3-9-8(7-10)11-12-13(9)5-6-14-4-2/h3-7H2,1-2H3. The summed E-state index contributed by atoms with van der Waals surface area (Å²) in [5, 5.41) is 8.04. The van der Waals surface area contributed by atoms with Gasteiger partial charge in [0.15, 0.2) is 0 Å². The van der Waals surface area contributed by atoms with Gasteiger partial charge in [0, 0.05) is 6.61 Å². The Labute approximate surface area is 89.2 Å². The van der Waals surface area contributed by atoms with Gasteiger partial charge in [0.2, 0.25) is 0 Å². The van der Waals surface area contributed by atoms with Crippen LogP contribution >= 0.6 is 11.6 Å². The average molecular weight is 218 g/mol. The van der Waals surface area contributed by atoms with Crippen molar-refractivity contribution >= 4 is 11.6 Å². The van der Waals surface area contributed by atoms with E-state index in [4.69, 9.17) is 16.3 Å². The molecule has 0 saturated carbocycles. The van der Waals surface area contributed by atoms with E-state index in [0.29, 0.717) is 12.5 Å². The quantitative estimate of drug-likeness (QED) is 0.537. The number of aromatic nitrogens is 3. The predicted octanol–water partition coefficient (Wildman–Crippen LogP) is 1.62. The third-order valence-electron chi connectivity index (χ3n) is 2.03. The van der Waals surface area contributed by atoms with Crippen molar-refractivity contribution in [3.63, 3.8) is 0 Å². The Kier molecular flexibility index (Phi) is 4.90. The van der Waals surface area contributed by atoms with E-state index in [9.17, 15) is 0 Å². The van der Waals surface area contributed by atoms with Gasteiger partial charge in [-0.25, -0.2) is 4.68 Å². The summed E-state index contributed by atoms with van der Waals surface area (Å²) < 4.78 is 7.13. The molecule has 0 N–H and O–H groups in total. The second-order valence-electron chi connectivity index (χ2n) is 2.89. The monoisotopic (exact) mass is 217 g/mol. The molecule has 0 bridgehead atoms. The van der Waals surface area contributed by atoms with Crippen molar-refractivity contribution in [3.05, 3.63) is 11.4 Å². The van der Waals surface area contributed by atoms with Crippen molar-refractivity contribution in [1.82, 2.24) is 15.0 Å². The van der Waals surface area contributed by atoms with E-state index in [1.807, 2.05) is 11.6 Å². The lowest BCUT2D eigenvalue weighted by Gasteiger charge is -2.04. The Balaban J connectivity index is 2.61. The van der Waals surface area contributed by atoms with Crippen molar-refractivity contribution in [3.8, 4) is 0 Å². The smallest absolute Gasteiger partial charge is 0.101 e. The zero-order chi connectivity index (χ0) is 10.4. The summed E-state index contributed by atoms with van der Waals surface area (Å²) in [5.74, 6) is 0.428. The molecule has 0 fully saturated rings. The molecule has 0 aliphatic carbocycles. The van der Waals surface area contributed by atoms with Crippen LogP contribution in [0.1, 0.15) is 25.2 Å². The third kappa shape index (κ3) is 2.69. The van der Waals surface area contributed by atoms with Crippen molar-refractivity contribution < 1.29 is 4.74 Å². The minimum absolute atomic E-state index is 0.428. The van der Waals surface area contributed by atoms with Crippen LogP contribution in [0.25, 0.3) is 0 Å². The van der Waals surface area contributed by atoms with E-state index in [2.05, 4.69) is 17.2 Å². The molecule has 0 aliphatic heterocycles. The van der Waals surface area contributed by atoms with Crippen LogP contribution in [-0.4, -0.2) is 28.2 Å². The molecule has 0 aromatic carbocycles. The van der Waals surface area contributed by atoms with Crippen molar-refractivity contribution in [2.75, 3.05) is 13.2 Å². The van der Waals surface area contributed by atoms with Crippen molar-refractivity contribution in [2.24, 2.45) is 0 Å². The van der Waals surface area contributed by atoms with Gasteiger partial charge in [-0.15, -0.1) is 16.7 Å². The maximum absolute atomic E-state index is 5.74. The molecule has 0 saturated heterocycles. The van der Waals surface area contributed by atoms with Crippen LogP contribution in [0, 0.1) is 0 Å². The molecule has 1 aromatic heterocycles. The van der Waals surface area contributed by atoms with Gasteiger partial charge in [0.25, 0.3) is 0 Å². The Hall–Kier alpha value is -0.610. The van der Waals surface area contributed by atoms with Crippen LogP contribution in [0.2, 0.25) is 0 Å². The normalized spacial score (nSPS) is 10.8. The number of alkyl halides is 1. The number of hydrogen-bond acceptors (Lipinski definition) is 3. The van der Waals surface area contributed by atoms with Crippen LogP contribution < -0.4 is 0 Å². The summed E-state index contributed by atoms with van der Waals surface area (Å²) in [6.07, 6.45) is 0.904. The highest BCUT2D eigenvalue weighted by molar-refractivity contribution is 6.16. The molecule has 0 unspecified atom stereocenters. The highest BCUT2D eigenvalue weighted by Crippen LogP contribution is 2.08. The lowest BCUT2D eigenvalue weighted by atomic mass is 10.3. The maximum Gasteiger partial charge on any atom is 0.101 e. The molecular weight excluding hydrogens is 202 g/mol. The number of rotatable bonds is 6. The van der Waals surface area contributed by atoms with Gasteiger partial charge < -0.3 is 4.74 Å². The van der Waals surface area contributed by atoms with E-state index in [-0.39, 0.29) is 0 Å². The molecule has 14 heavy (non-hydrogen) atoms. The number of ether oxygens (including phenoxy) is 1. The first-order valence-corrected chi connectivity index (χ1v) is 5.41. The third-order valence-corrected chi connectivity index (χ3v) is 2.28. The maximum atomic E-state index is 5.74. The first kappa shape index (κ1) is 11.5. The van der Waals surface area contributed by atoms with Gasteiger partial charge in [-0.05, 0) is 13.3 Å². The van der Waals surface area contributed by atoms with E-state index in [1.165, 1.54) is 0 Å². The molecule has 80 valence electrons. The summed E-state index contributed by atoms with van der Waals surface area (Å²) in [6.45, 7) is 6.21. The number of nitrogens with zero attached hydrogens (tertiary/aromatic N) is 3. The lowest BCUT2D eigenvalue weighted by Crippen LogP contribution is -2.10. The van der Waals surface area contributed by atoms with E-state index >= 15 is 0 Å². The Bertz CT molecular complexity index is 275. The molecule has 4 nitrogen and oxygen atoms in total. The topological polar surface area (TPSA) is 39.9 Å². The molecule has 1 rings (SSSR count). The molecule has 0 aliphatic rings. The molecular formula is C9H16ClN3O. The molecule has 1 aromatic rings. The van der Waals surface area contributed by atoms with Gasteiger partial charge in [0.1, 0.15) is 5.69 Å². The lowest BCUT2D eigenvalue weighted by molar-refractivity contribution is 0.135. The summed E-state index contributed by atoms with van der Waals surface area (Å²) in [5.41, 5.74) is 1.99. The zero-order valence-corrected chi connectivity index (χ0v) is 9.42. The van der Waals surface area contributed by atoms with Gasteiger partial charge in [-0.3, -0.25) is 0 Å². The largest absolute Gasteiger partial charge is 0.380 e. The highest BCUT2D eigenvalue weighted by Gasteiger charge is 2.09. The predicted molar refractivity (Wildman–Crippen MR) is 55.5 cm³/mol. The first-order chi connectivity index (χ1) is 6.83. The highest BCUT2D eigenvalue weighted by atomic mass is 35.5. The fourth-order valence-corrected chi connectivity index (χ4v) is 1.54. The van der Waals surface area contributed by atoms with Gasteiger partial charge in [0.05, 0.1) is 24.7 Å². The van der Waals surface area contributed by atoms with Crippen molar-refractivity contribution in [2.45, 2.75) is 32.7 Å². The van der Waals surface area contributed by atoms with Gasteiger partial charge in [-0.2, -0.15) is 0 Å². The number of halogens is 1. The van der Waals surface area contributed by atoms with E-state index in [0.717, 1.165) is 31.0 Å². The van der Waals surface area contributed by atoms with E-state index in [1.54, 1.807) is 0 Å². The minimum atomic E-state index is 0.428. The minimum Gasteiger partial charge on any atom is -0.380 e. The van der Waals surface area contributed by atoms with Crippen molar-refractivity contribution in [1.29, 1.82) is 0 Å². The van der Waals surface area contributed by atoms with E-state index < -0.39 is 0 Å². The molecule has 0 atom stereocenters. The van der Waals surface area contributed by atoms with Gasteiger partial charge >= 0.3 is 0 Å². The summed E-state index contributed by atoms with van der Waals surface area (Å²) in [7, 11) is 0. The van der Waals surface area contributed by atoms with Crippen LogP contribution in [0.15, 0.2) is 0 Å². The average Bonchev–Trinajstić information content (AvgIpc) is 2.60. The van der Waals surface area contributed by atoms with Crippen LogP contribution in [0.3, 0.4) is 0 Å². The van der Waals surface area contributed by atoms with Crippen LogP contribution in [0.4, 0.5) is 0 Å².